The molecule has 1 aromatic carbocycles. The van der Waals surface area contributed by atoms with E-state index in [0.717, 1.165) is 34.2 Å². The number of fused-ring (bicyclic) bond motifs is 1. The van der Waals surface area contributed by atoms with Crippen LogP contribution in [-0.4, -0.2) is 9.97 Å². The van der Waals surface area contributed by atoms with E-state index in [-0.39, 0.29) is 5.69 Å². The van der Waals surface area contributed by atoms with E-state index in [1.54, 1.807) is 0 Å². The maximum absolute atomic E-state index is 11.3. The van der Waals surface area contributed by atoms with Crippen LogP contribution in [0.3, 0.4) is 0 Å². The topological polar surface area (TPSA) is 60.7 Å². The van der Waals surface area contributed by atoms with Gasteiger partial charge in [-0.2, -0.15) is 0 Å². The molecule has 3 N–H and O–H groups in total. The van der Waals surface area contributed by atoms with Gasteiger partial charge >= 0.3 is 5.69 Å². The Kier molecular flexibility index (Phi) is 3.67. The molecule has 104 valence electrons. The van der Waals surface area contributed by atoms with Crippen LogP contribution in [0.4, 0.5) is 5.69 Å². The van der Waals surface area contributed by atoms with Gasteiger partial charge in [0.2, 0.25) is 0 Å². The molecule has 0 spiro atoms. The number of hydrogen-bond acceptors (Lipinski definition) is 3. The lowest BCUT2D eigenvalue weighted by Gasteiger charge is -2.07. The molecule has 0 radical (unpaired) electrons. The molecule has 3 rings (SSSR count). The SMILES string of the molecule is CCc1ccc(CNc2cc3[nH]c(=O)[nH]c3cc2Br)s1. The third-order valence-corrected chi connectivity index (χ3v) is 5.01. The predicted octanol–water partition coefficient (Wildman–Crippen LogP) is 3.85. The molecule has 0 saturated carbocycles. The minimum absolute atomic E-state index is 0.185. The largest absolute Gasteiger partial charge is 0.379 e. The van der Waals surface area contributed by atoms with Crippen molar-refractivity contribution in [1.82, 2.24) is 9.97 Å². The first kappa shape index (κ1) is 13.5. The summed E-state index contributed by atoms with van der Waals surface area (Å²) in [5.41, 5.74) is 2.40. The molecule has 3 aromatic rings. The second kappa shape index (κ2) is 5.46. The van der Waals surface area contributed by atoms with Crippen molar-refractivity contribution in [3.05, 3.63) is 49.0 Å². The van der Waals surface area contributed by atoms with Gasteiger partial charge in [0.1, 0.15) is 0 Å². The van der Waals surface area contributed by atoms with Crippen molar-refractivity contribution in [3.63, 3.8) is 0 Å². The number of halogens is 1. The van der Waals surface area contributed by atoms with E-state index in [1.807, 2.05) is 23.5 Å². The van der Waals surface area contributed by atoms with Gasteiger partial charge in [-0.05, 0) is 46.6 Å². The van der Waals surface area contributed by atoms with Crippen molar-refractivity contribution in [2.45, 2.75) is 19.9 Å². The van der Waals surface area contributed by atoms with Crippen LogP contribution in [-0.2, 0) is 13.0 Å². The van der Waals surface area contributed by atoms with Gasteiger partial charge in [0.25, 0.3) is 0 Å². The summed E-state index contributed by atoms with van der Waals surface area (Å²) < 4.78 is 0.938. The Labute approximate surface area is 128 Å². The highest BCUT2D eigenvalue weighted by Crippen LogP contribution is 2.27. The molecule has 0 aliphatic rings. The van der Waals surface area contributed by atoms with E-state index in [1.165, 1.54) is 9.75 Å². The van der Waals surface area contributed by atoms with Crippen molar-refractivity contribution >= 4 is 44.0 Å². The highest BCUT2D eigenvalue weighted by atomic mass is 79.9. The molecule has 0 fully saturated rings. The zero-order valence-electron chi connectivity index (χ0n) is 10.9. The van der Waals surface area contributed by atoms with E-state index in [4.69, 9.17) is 0 Å². The summed E-state index contributed by atoms with van der Waals surface area (Å²) in [6, 6.07) is 8.16. The monoisotopic (exact) mass is 351 g/mol. The zero-order valence-corrected chi connectivity index (χ0v) is 13.3. The Hall–Kier alpha value is -1.53. The van der Waals surface area contributed by atoms with Crippen LogP contribution in [0.25, 0.3) is 11.0 Å². The normalized spacial score (nSPS) is 11.1. The Morgan fingerprint density at radius 3 is 2.60 bits per heavy atom. The Bertz CT molecular complexity index is 802. The third kappa shape index (κ3) is 2.66. The van der Waals surface area contributed by atoms with Gasteiger partial charge < -0.3 is 15.3 Å². The first-order valence-electron chi connectivity index (χ1n) is 6.38. The van der Waals surface area contributed by atoms with Crippen molar-refractivity contribution in [1.29, 1.82) is 0 Å². The molecule has 2 heterocycles. The van der Waals surface area contributed by atoms with Gasteiger partial charge in [0.15, 0.2) is 0 Å². The van der Waals surface area contributed by atoms with E-state index in [0.29, 0.717) is 0 Å². The van der Waals surface area contributed by atoms with Crippen LogP contribution in [0.2, 0.25) is 0 Å². The van der Waals surface area contributed by atoms with Gasteiger partial charge in [-0.15, -0.1) is 11.3 Å². The molecular weight excluding hydrogens is 338 g/mol. The van der Waals surface area contributed by atoms with Gasteiger partial charge in [0.05, 0.1) is 16.7 Å². The highest BCUT2D eigenvalue weighted by Gasteiger charge is 2.06. The average Bonchev–Trinajstić information content (AvgIpc) is 3.01. The second-order valence-corrected chi connectivity index (χ2v) is 6.64. The van der Waals surface area contributed by atoms with Crippen LogP contribution in [0.15, 0.2) is 33.5 Å². The third-order valence-electron chi connectivity index (χ3n) is 3.12. The fourth-order valence-electron chi connectivity index (χ4n) is 2.08. The molecule has 0 unspecified atom stereocenters. The fraction of sp³-hybridized carbons (Fsp3) is 0.214. The number of benzene rings is 1. The molecule has 6 heteroatoms. The average molecular weight is 352 g/mol. The first-order chi connectivity index (χ1) is 9.65. The smallest absolute Gasteiger partial charge is 0.323 e. The van der Waals surface area contributed by atoms with E-state index < -0.39 is 0 Å². The number of H-pyrrole nitrogens is 2. The Morgan fingerprint density at radius 2 is 1.90 bits per heavy atom. The number of aromatic nitrogens is 2. The van der Waals surface area contributed by atoms with Crippen LogP contribution in [0.5, 0.6) is 0 Å². The second-order valence-electron chi connectivity index (χ2n) is 4.53. The number of imidazole rings is 1. The highest BCUT2D eigenvalue weighted by molar-refractivity contribution is 9.10. The number of thiophene rings is 1. The summed E-state index contributed by atoms with van der Waals surface area (Å²) in [6.07, 6.45) is 1.07. The van der Waals surface area contributed by atoms with Gasteiger partial charge in [-0.25, -0.2) is 4.79 Å². The number of aromatic amines is 2. The molecule has 0 aliphatic carbocycles. The minimum atomic E-state index is -0.185. The Balaban J connectivity index is 1.82. The van der Waals surface area contributed by atoms with Crippen molar-refractivity contribution in [3.8, 4) is 0 Å². The lowest BCUT2D eigenvalue weighted by Crippen LogP contribution is -1.99. The molecular formula is C14H14BrN3OS. The summed E-state index contributed by atoms with van der Waals surface area (Å²) in [7, 11) is 0. The number of aryl methyl sites for hydroxylation is 1. The van der Waals surface area contributed by atoms with Crippen molar-refractivity contribution in [2.24, 2.45) is 0 Å². The number of nitrogens with one attached hydrogen (secondary N) is 3. The summed E-state index contributed by atoms with van der Waals surface area (Å²) >= 11 is 5.35. The number of rotatable bonds is 4. The maximum atomic E-state index is 11.3. The lowest BCUT2D eigenvalue weighted by atomic mass is 10.2. The molecule has 0 atom stereocenters. The molecule has 20 heavy (non-hydrogen) atoms. The molecule has 0 bridgehead atoms. The van der Waals surface area contributed by atoms with Gasteiger partial charge in [-0.3, -0.25) is 0 Å². The first-order valence-corrected chi connectivity index (χ1v) is 7.99. The van der Waals surface area contributed by atoms with Crippen molar-refractivity contribution < 1.29 is 0 Å². The summed E-state index contributed by atoms with van der Waals surface area (Å²) in [6.45, 7) is 2.94. The van der Waals surface area contributed by atoms with Crippen LogP contribution >= 0.6 is 27.3 Å². The van der Waals surface area contributed by atoms with Gasteiger partial charge in [-0.1, -0.05) is 6.92 Å². The summed E-state index contributed by atoms with van der Waals surface area (Å²) in [5, 5.41) is 3.40. The molecule has 0 saturated heterocycles. The van der Waals surface area contributed by atoms with Crippen LogP contribution in [0.1, 0.15) is 16.7 Å². The van der Waals surface area contributed by atoms with E-state index in [9.17, 15) is 4.79 Å². The fourth-order valence-corrected chi connectivity index (χ4v) is 3.46. The van der Waals surface area contributed by atoms with Crippen molar-refractivity contribution in [2.75, 3.05) is 5.32 Å². The quantitative estimate of drug-likeness (QED) is 0.668. The lowest BCUT2D eigenvalue weighted by molar-refractivity contribution is 1.19. The van der Waals surface area contributed by atoms with E-state index >= 15 is 0 Å². The molecule has 0 amide bonds. The molecule has 2 aromatic heterocycles. The van der Waals surface area contributed by atoms with Crippen LogP contribution < -0.4 is 11.0 Å². The number of hydrogen-bond donors (Lipinski definition) is 3. The molecule has 0 aliphatic heterocycles. The predicted molar refractivity (Wildman–Crippen MR) is 87.6 cm³/mol. The number of anilines is 1. The minimum Gasteiger partial charge on any atom is -0.379 e. The van der Waals surface area contributed by atoms with E-state index in [2.05, 4.69) is 50.3 Å². The zero-order chi connectivity index (χ0) is 14.1. The summed E-state index contributed by atoms with van der Waals surface area (Å²) in [5.74, 6) is 0. The Morgan fingerprint density at radius 1 is 1.20 bits per heavy atom. The van der Waals surface area contributed by atoms with Gasteiger partial charge in [0, 0.05) is 20.8 Å². The van der Waals surface area contributed by atoms with Crippen LogP contribution in [0, 0.1) is 0 Å². The standard InChI is InChI=1S/C14H14BrN3OS/c1-2-8-3-4-9(20-8)7-16-11-6-13-12(5-10(11)15)17-14(19)18-13/h3-6,16H,2,7H2,1H3,(H2,17,18,19). The summed E-state index contributed by atoms with van der Waals surface area (Å²) in [4.78, 5) is 19.5. The molecule has 4 nitrogen and oxygen atoms in total. The maximum Gasteiger partial charge on any atom is 0.323 e.